The van der Waals surface area contributed by atoms with E-state index >= 15 is 0 Å². The first-order chi connectivity index (χ1) is 7.98. The summed E-state index contributed by atoms with van der Waals surface area (Å²) in [6.45, 7) is 5.57. The predicted octanol–water partition coefficient (Wildman–Crippen LogP) is 2.47. The van der Waals surface area contributed by atoms with Crippen molar-refractivity contribution in [3.63, 3.8) is 0 Å². The Bertz CT molecular complexity index is 389. The van der Waals surface area contributed by atoms with Crippen molar-refractivity contribution in [3.05, 3.63) is 29.0 Å². The van der Waals surface area contributed by atoms with Crippen LogP contribution >= 0.6 is 11.6 Å². The summed E-state index contributed by atoms with van der Waals surface area (Å²) >= 11 is 6.11. The van der Waals surface area contributed by atoms with Crippen molar-refractivity contribution in [3.8, 4) is 0 Å². The first kappa shape index (κ1) is 12.8. The van der Waals surface area contributed by atoms with Crippen LogP contribution in [0.3, 0.4) is 0 Å². The SMILES string of the molecule is CC(C)(O)C1CCCN1Cc1ccncc1Cl. The molecule has 1 aliphatic rings. The van der Waals surface area contributed by atoms with Gasteiger partial charge in [0.15, 0.2) is 0 Å². The Morgan fingerprint density at radius 2 is 2.35 bits per heavy atom. The summed E-state index contributed by atoms with van der Waals surface area (Å²) in [5.41, 5.74) is 0.425. The van der Waals surface area contributed by atoms with Crippen LogP contribution in [0.25, 0.3) is 0 Å². The highest BCUT2D eigenvalue weighted by molar-refractivity contribution is 6.31. The van der Waals surface area contributed by atoms with Gasteiger partial charge >= 0.3 is 0 Å². The van der Waals surface area contributed by atoms with Gasteiger partial charge in [-0.3, -0.25) is 9.88 Å². The minimum atomic E-state index is -0.657. The zero-order valence-corrected chi connectivity index (χ0v) is 11.1. The lowest BCUT2D eigenvalue weighted by atomic mass is 9.96. The number of halogens is 1. The van der Waals surface area contributed by atoms with E-state index < -0.39 is 5.60 Å². The predicted molar refractivity (Wildman–Crippen MR) is 69.0 cm³/mol. The third-order valence-electron chi connectivity index (χ3n) is 3.41. The number of nitrogens with zero attached hydrogens (tertiary/aromatic N) is 2. The van der Waals surface area contributed by atoms with Gasteiger partial charge in [0.05, 0.1) is 10.6 Å². The Morgan fingerprint density at radius 1 is 1.59 bits per heavy atom. The molecule has 94 valence electrons. The first-order valence-electron chi connectivity index (χ1n) is 6.03. The normalized spacial score (nSPS) is 22.0. The topological polar surface area (TPSA) is 36.4 Å². The van der Waals surface area contributed by atoms with Crippen LogP contribution in [-0.4, -0.2) is 33.2 Å². The van der Waals surface area contributed by atoms with Crippen molar-refractivity contribution in [2.24, 2.45) is 0 Å². The van der Waals surface area contributed by atoms with Crippen molar-refractivity contribution in [2.75, 3.05) is 6.54 Å². The molecule has 1 saturated heterocycles. The standard InChI is InChI=1S/C13H19ClN2O/c1-13(2,17)12-4-3-7-16(12)9-10-5-6-15-8-11(10)14/h5-6,8,12,17H,3-4,7,9H2,1-2H3. The van der Waals surface area contributed by atoms with Gasteiger partial charge in [-0.15, -0.1) is 0 Å². The molecule has 1 aromatic heterocycles. The molecule has 2 heterocycles. The van der Waals surface area contributed by atoms with Gasteiger partial charge < -0.3 is 5.11 Å². The molecule has 1 fully saturated rings. The van der Waals surface area contributed by atoms with Crippen LogP contribution in [-0.2, 0) is 6.54 Å². The average Bonchev–Trinajstić information content (AvgIpc) is 2.69. The number of likely N-dealkylation sites (tertiary alicyclic amines) is 1. The molecule has 2 rings (SSSR count). The second-order valence-corrected chi connectivity index (χ2v) is 5.66. The summed E-state index contributed by atoms with van der Waals surface area (Å²) in [6.07, 6.45) is 5.62. The van der Waals surface area contributed by atoms with Crippen LogP contribution in [0.2, 0.25) is 5.02 Å². The van der Waals surface area contributed by atoms with Gasteiger partial charge in [-0.05, 0) is 44.9 Å². The van der Waals surface area contributed by atoms with E-state index in [4.69, 9.17) is 11.6 Å². The van der Waals surface area contributed by atoms with Gasteiger partial charge in [-0.25, -0.2) is 0 Å². The monoisotopic (exact) mass is 254 g/mol. The van der Waals surface area contributed by atoms with Crippen molar-refractivity contribution in [2.45, 2.75) is 44.9 Å². The highest BCUT2D eigenvalue weighted by atomic mass is 35.5. The average molecular weight is 255 g/mol. The summed E-state index contributed by atoms with van der Waals surface area (Å²) in [5, 5.41) is 10.9. The number of aromatic nitrogens is 1. The third kappa shape index (κ3) is 2.97. The van der Waals surface area contributed by atoms with Gasteiger partial charge in [0, 0.05) is 25.0 Å². The van der Waals surface area contributed by atoms with Crippen molar-refractivity contribution < 1.29 is 5.11 Å². The van der Waals surface area contributed by atoms with E-state index in [-0.39, 0.29) is 6.04 Å². The third-order valence-corrected chi connectivity index (χ3v) is 3.75. The Kier molecular flexibility index (Phi) is 3.71. The molecule has 0 aromatic carbocycles. The minimum Gasteiger partial charge on any atom is -0.389 e. The smallest absolute Gasteiger partial charge is 0.0746 e. The van der Waals surface area contributed by atoms with Crippen molar-refractivity contribution >= 4 is 11.6 Å². The summed E-state index contributed by atoms with van der Waals surface area (Å²) < 4.78 is 0. The quantitative estimate of drug-likeness (QED) is 0.900. The Labute approximate surface area is 107 Å². The molecule has 1 atom stereocenters. The largest absolute Gasteiger partial charge is 0.389 e. The van der Waals surface area contributed by atoms with E-state index in [2.05, 4.69) is 9.88 Å². The lowest BCUT2D eigenvalue weighted by Crippen LogP contribution is -2.45. The fourth-order valence-electron chi connectivity index (χ4n) is 2.57. The molecule has 0 amide bonds. The summed E-state index contributed by atoms with van der Waals surface area (Å²) in [6, 6.07) is 2.16. The minimum absolute atomic E-state index is 0.215. The number of hydrogen-bond acceptors (Lipinski definition) is 3. The maximum atomic E-state index is 10.1. The fraction of sp³-hybridized carbons (Fsp3) is 0.615. The molecular weight excluding hydrogens is 236 g/mol. The lowest BCUT2D eigenvalue weighted by molar-refractivity contribution is -0.00501. The molecule has 17 heavy (non-hydrogen) atoms. The molecule has 1 aromatic rings. The van der Waals surface area contributed by atoms with E-state index in [1.807, 2.05) is 19.9 Å². The number of rotatable bonds is 3. The summed E-state index contributed by atoms with van der Waals surface area (Å²) in [7, 11) is 0. The molecule has 1 N–H and O–H groups in total. The fourth-order valence-corrected chi connectivity index (χ4v) is 2.75. The van der Waals surface area contributed by atoms with Gasteiger partial charge in [0.1, 0.15) is 0 Å². The molecule has 3 nitrogen and oxygen atoms in total. The zero-order chi connectivity index (χ0) is 12.5. The second kappa shape index (κ2) is 4.92. The van der Waals surface area contributed by atoms with Crippen molar-refractivity contribution in [1.82, 2.24) is 9.88 Å². The van der Waals surface area contributed by atoms with Gasteiger partial charge in [-0.1, -0.05) is 11.6 Å². The van der Waals surface area contributed by atoms with Gasteiger partial charge in [0.25, 0.3) is 0 Å². The van der Waals surface area contributed by atoms with E-state index in [9.17, 15) is 5.11 Å². The van der Waals surface area contributed by atoms with E-state index in [1.54, 1.807) is 12.4 Å². The maximum absolute atomic E-state index is 10.1. The van der Waals surface area contributed by atoms with Crippen LogP contribution in [0.5, 0.6) is 0 Å². The first-order valence-corrected chi connectivity index (χ1v) is 6.41. The molecule has 4 heteroatoms. The molecule has 0 bridgehead atoms. The molecule has 0 aliphatic carbocycles. The molecule has 0 radical (unpaired) electrons. The highest BCUT2D eigenvalue weighted by Crippen LogP contribution is 2.29. The Morgan fingerprint density at radius 3 is 3.00 bits per heavy atom. The van der Waals surface area contributed by atoms with E-state index in [0.29, 0.717) is 5.02 Å². The van der Waals surface area contributed by atoms with Gasteiger partial charge in [-0.2, -0.15) is 0 Å². The number of aliphatic hydroxyl groups is 1. The number of hydrogen-bond donors (Lipinski definition) is 1. The summed E-state index contributed by atoms with van der Waals surface area (Å²) in [4.78, 5) is 6.29. The molecule has 1 unspecified atom stereocenters. The molecule has 0 spiro atoms. The van der Waals surface area contributed by atoms with Crippen LogP contribution in [0, 0.1) is 0 Å². The maximum Gasteiger partial charge on any atom is 0.0746 e. The van der Waals surface area contributed by atoms with Crippen LogP contribution in [0.15, 0.2) is 18.5 Å². The molecule has 1 aliphatic heterocycles. The number of pyridine rings is 1. The lowest BCUT2D eigenvalue weighted by Gasteiger charge is -2.34. The molecular formula is C13H19ClN2O. The van der Waals surface area contributed by atoms with Crippen molar-refractivity contribution in [1.29, 1.82) is 0 Å². The Balaban J connectivity index is 2.11. The zero-order valence-electron chi connectivity index (χ0n) is 10.4. The van der Waals surface area contributed by atoms with Crippen LogP contribution in [0.1, 0.15) is 32.3 Å². The highest BCUT2D eigenvalue weighted by Gasteiger charge is 2.35. The second-order valence-electron chi connectivity index (χ2n) is 5.25. The Hall–Kier alpha value is -0.640. The van der Waals surface area contributed by atoms with Crippen LogP contribution < -0.4 is 0 Å². The summed E-state index contributed by atoms with van der Waals surface area (Å²) in [5.74, 6) is 0. The van der Waals surface area contributed by atoms with E-state index in [0.717, 1.165) is 31.5 Å². The van der Waals surface area contributed by atoms with Gasteiger partial charge in [0.2, 0.25) is 0 Å². The van der Waals surface area contributed by atoms with E-state index in [1.165, 1.54) is 0 Å². The van der Waals surface area contributed by atoms with Crippen LogP contribution in [0.4, 0.5) is 0 Å². The molecule has 0 saturated carbocycles.